The van der Waals surface area contributed by atoms with Crippen LogP contribution in [-0.4, -0.2) is 44.3 Å². The number of aliphatic imine (C=N–C) groups is 1. The Kier molecular flexibility index (Phi) is 4.68. The van der Waals surface area contributed by atoms with Crippen LogP contribution < -0.4 is 0 Å². The van der Waals surface area contributed by atoms with Gasteiger partial charge in [-0.3, -0.25) is 9.69 Å². The molecule has 0 unspecified atom stereocenters. The topological polar surface area (TPSA) is 110 Å². The summed E-state index contributed by atoms with van der Waals surface area (Å²) in [5, 5.41) is 28.9. The first-order chi connectivity index (χ1) is 12.4. The highest BCUT2D eigenvalue weighted by Crippen LogP contribution is 2.35. The molecule has 0 aromatic heterocycles. The monoisotopic (exact) mass is 370 g/mol. The summed E-state index contributed by atoms with van der Waals surface area (Å²) in [6, 6.07) is 10.4. The number of carboxylic acid groups (broad SMARTS) is 1. The van der Waals surface area contributed by atoms with Gasteiger partial charge in [-0.05, 0) is 42.1 Å². The van der Waals surface area contributed by atoms with Gasteiger partial charge in [0.15, 0.2) is 5.17 Å². The minimum atomic E-state index is -1.23. The lowest BCUT2D eigenvalue weighted by molar-refractivity contribution is -0.121. The lowest BCUT2D eigenvalue weighted by Gasteiger charge is -2.08. The zero-order valence-electron chi connectivity index (χ0n) is 13.6. The van der Waals surface area contributed by atoms with Crippen molar-refractivity contribution in [3.8, 4) is 11.5 Å². The first-order valence-electron chi connectivity index (χ1n) is 7.47. The van der Waals surface area contributed by atoms with E-state index in [0.29, 0.717) is 15.6 Å². The molecule has 1 amide bonds. The van der Waals surface area contributed by atoms with Crippen molar-refractivity contribution in [2.75, 3.05) is 7.05 Å². The highest BCUT2D eigenvalue weighted by molar-refractivity contribution is 8.18. The molecule has 26 heavy (non-hydrogen) atoms. The van der Waals surface area contributed by atoms with E-state index < -0.39 is 5.97 Å². The largest absolute Gasteiger partial charge is 0.508 e. The van der Waals surface area contributed by atoms with Gasteiger partial charge in [-0.2, -0.15) is 0 Å². The summed E-state index contributed by atoms with van der Waals surface area (Å²) in [5.41, 5.74) is 0.451. The Morgan fingerprint density at radius 2 is 1.92 bits per heavy atom. The zero-order chi connectivity index (χ0) is 18.8. The number of phenolic OH excluding ortho intramolecular Hbond substituents is 2. The molecule has 0 bridgehead atoms. The van der Waals surface area contributed by atoms with E-state index >= 15 is 0 Å². The summed E-state index contributed by atoms with van der Waals surface area (Å²) in [4.78, 5) is 29.6. The number of benzene rings is 2. The number of carbonyl (C=O) groups excluding carboxylic acids is 1. The number of carbonyl (C=O) groups is 2. The molecule has 1 fully saturated rings. The Balaban J connectivity index is 1.99. The van der Waals surface area contributed by atoms with Gasteiger partial charge in [-0.15, -0.1) is 0 Å². The molecule has 1 aliphatic heterocycles. The quantitative estimate of drug-likeness (QED) is 0.716. The standard InChI is InChI=1S/C18H14N2O5S/c1-20-16(23)15(8-10-4-2-3-5-14(10)22)26-18(20)19-13-7-6-11(21)9-12(13)17(24)25/h2-9,21-22H,1H3,(H,24,25)/b15-8-,19-18?. The number of hydrogen-bond acceptors (Lipinski definition) is 6. The van der Waals surface area contributed by atoms with Crippen molar-refractivity contribution < 1.29 is 24.9 Å². The third-order valence-electron chi connectivity index (χ3n) is 3.65. The summed E-state index contributed by atoms with van der Waals surface area (Å²) < 4.78 is 0. The third kappa shape index (κ3) is 3.40. The maximum Gasteiger partial charge on any atom is 0.338 e. The second-order valence-electron chi connectivity index (χ2n) is 5.43. The fourth-order valence-corrected chi connectivity index (χ4v) is 3.27. The number of rotatable bonds is 3. The smallest absolute Gasteiger partial charge is 0.338 e. The van der Waals surface area contributed by atoms with Crippen molar-refractivity contribution in [3.63, 3.8) is 0 Å². The molecule has 2 aromatic carbocycles. The van der Waals surface area contributed by atoms with Gasteiger partial charge in [0.05, 0.1) is 16.2 Å². The fraction of sp³-hybridized carbons (Fsp3) is 0.0556. The van der Waals surface area contributed by atoms with Crippen LogP contribution in [0.4, 0.5) is 5.69 Å². The van der Waals surface area contributed by atoms with Crippen LogP contribution in [0.1, 0.15) is 15.9 Å². The maximum absolute atomic E-state index is 12.4. The van der Waals surface area contributed by atoms with E-state index in [2.05, 4.69) is 4.99 Å². The van der Waals surface area contributed by atoms with Gasteiger partial charge < -0.3 is 15.3 Å². The van der Waals surface area contributed by atoms with Crippen LogP contribution in [0.3, 0.4) is 0 Å². The van der Waals surface area contributed by atoms with E-state index in [9.17, 15) is 24.9 Å². The molecule has 2 aromatic rings. The Morgan fingerprint density at radius 1 is 1.19 bits per heavy atom. The number of carboxylic acids is 1. The van der Waals surface area contributed by atoms with E-state index in [1.807, 2.05) is 0 Å². The van der Waals surface area contributed by atoms with Gasteiger partial charge >= 0.3 is 5.97 Å². The predicted molar refractivity (Wildman–Crippen MR) is 98.6 cm³/mol. The number of likely N-dealkylation sites (N-methyl/N-ethyl adjacent to an activating group) is 1. The van der Waals surface area contributed by atoms with Crippen molar-refractivity contribution in [1.82, 2.24) is 4.90 Å². The number of amides is 1. The van der Waals surface area contributed by atoms with Crippen LogP contribution >= 0.6 is 11.8 Å². The zero-order valence-corrected chi connectivity index (χ0v) is 14.4. The van der Waals surface area contributed by atoms with Crippen molar-refractivity contribution in [2.45, 2.75) is 0 Å². The Morgan fingerprint density at radius 3 is 2.62 bits per heavy atom. The van der Waals surface area contributed by atoms with Crippen LogP contribution in [0, 0.1) is 0 Å². The number of phenols is 2. The maximum atomic E-state index is 12.4. The minimum Gasteiger partial charge on any atom is -0.508 e. The second-order valence-corrected chi connectivity index (χ2v) is 6.44. The molecule has 3 N–H and O–H groups in total. The van der Waals surface area contributed by atoms with E-state index in [1.165, 1.54) is 30.1 Å². The normalized spacial score (nSPS) is 17.3. The van der Waals surface area contributed by atoms with E-state index in [0.717, 1.165) is 17.8 Å². The van der Waals surface area contributed by atoms with Crippen LogP contribution in [0.25, 0.3) is 6.08 Å². The molecular formula is C18H14N2O5S. The number of aromatic carboxylic acids is 1. The Labute approximate surface area is 152 Å². The molecule has 0 spiro atoms. The van der Waals surface area contributed by atoms with Crippen molar-refractivity contribution >= 4 is 40.6 Å². The molecule has 1 aliphatic rings. The lowest BCUT2D eigenvalue weighted by atomic mass is 10.2. The van der Waals surface area contributed by atoms with E-state index in [1.54, 1.807) is 24.3 Å². The lowest BCUT2D eigenvalue weighted by Crippen LogP contribution is -2.23. The van der Waals surface area contributed by atoms with Gasteiger partial charge in [-0.25, -0.2) is 9.79 Å². The van der Waals surface area contributed by atoms with Gasteiger partial charge in [0.25, 0.3) is 5.91 Å². The number of nitrogens with zero attached hydrogens (tertiary/aromatic N) is 2. The average molecular weight is 370 g/mol. The number of amidine groups is 1. The summed E-state index contributed by atoms with van der Waals surface area (Å²) in [6.45, 7) is 0. The van der Waals surface area contributed by atoms with Gasteiger partial charge in [-0.1, -0.05) is 18.2 Å². The molecule has 0 saturated carbocycles. The first-order valence-corrected chi connectivity index (χ1v) is 8.29. The van der Waals surface area contributed by atoms with E-state index in [-0.39, 0.29) is 28.7 Å². The second kappa shape index (κ2) is 6.93. The summed E-state index contributed by atoms with van der Waals surface area (Å²) in [7, 11) is 1.53. The summed E-state index contributed by atoms with van der Waals surface area (Å²) in [6.07, 6.45) is 1.55. The molecule has 0 atom stereocenters. The average Bonchev–Trinajstić information content (AvgIpc) is 2.86. The number of para-hydroxylation sites is 1. The van der Waals surface area contributed by atoms with Crippen molar-refractivity contribution in [1.29, 1.82) is 0 Å². The number of thioether (sulfide) groups is 1. The van der Waals surface area contributed by atoms with Crippen molar-refractivity contribution in [2.24, 2.45) is 4.99 Å². The highest BCUT2D eigenvalue weighted by atomic mass is 32.2. The molecular weight excluding hydrogens is 356 g/mol. The first kappa shape index (κ1) is 17.6. The number of aromatic hydroxyl groups is 2. The molecule has 8 heteroatoms. The van der Waals surface area contributed by atoms with Crippen LogP contribution in [-0.2, 0) is 4.79 Å². The van der Waals surface area contributed by atoms with Gasteiger partial charge in [0, 0.05) is 12.6 Å². The molecule has 0 aliphatic carbocycles. The number of hydrogen-bond donors (Lipinski definition) is 3. The minimum absolute atomic E-state index is 0.0492. The molecule has 1 heterocycles. The predicted octanol–water partition coefficient (Wildman–Crippen LogP) is 3.03. The third-order valence-corrected chi connectivity index (χ3v) is 4.71. The van der Waals surface area contributed by atoms with E-state index in [4.69, 9.17) is 0 Å². The fourth-order valence-electron chi connectivity index (χ4n) is 2.30. The van der Waals surface area contributed by atoms with Gasteiger partial charge in [0.1, 0.15) is 11.5 Å². The van der Waals surface area contributed by atoms with Crippen LogP contribution in [0.5, 0.6) is 11.5 Å². The Hall–Kier alpha value is -3.26. The summed E-state index contributed by atoms with van der Waals surface area (Å²) in [5.74, 6) is -1.68. The molecule has 132 valence electrons. The molecule has 0 radical (unpaired) electrons. The van der Waals surface area contributed by atoms with Crippen molar-refractivity contribution in [3.05, 3.63) is 58.5 Å². The SMILES string of the molecule is CN1C(=O)/C(=C/c2ccccc2O)SC1=Nc1ccc(O)cc1C(=O)O. The summed E-state index contributed by atoms with van der Waals surface area (Å²) >= 11 is 1.07. The molecule has 1 saturated heterocycles. The Bertz CT molecular complexity index is 968. The molecule has 7 nitrogen and oxygen atoms in total. The van der Waals surface area contributed by atoms with Crippen LogP contribution in [0.2, 0.25) is 0 Å². The van der Waals surface area contributed by atoms with Crippen LogP contribution in [0.15, 0.2) is 52.4 Å². The van der Waals surface area contributed by atoms with Gasteiger partial charge in [0.2, 0.25) is 0 Å². The highest BCUT2D eigenvalue weighted by Gasteiger charge is 2.31. The molecule has 3 rings (SSSR count).